The van der Waals surface area contributed by atoms with Crippen molar-refractivity contribution in [2.75, 3.05) is 12.1 Å². The van der Waals surface area contributed by atoms with Crippen molar-refractivity contribution in [2.24, 2.45) is 10.9 Å². The van der Waals surface area contributed by atoms with Crippen LogP contribution in [0.2, 0.25) is 5.02 Å². The van der Waals surface area contributed by atoms with Crippen molar-refractivity contribution >= 4 is 28.9 Å². The molecule has 0 saturated carbocycles. The summed E-state index contributed by atoms with van der Waals surface area (Å²) in [6.07, 6.45) is 0. The van der Waals surface area contributed by atoms with E-state index in [1.165, 1.54) is 18.4 Å². The Bertz CT molecular complexity index is 1420. The molecule has 0 fully saturated rings. The first-order chi connectivity index (χ1) is 16.2. The number of halogens is 1. The number of aromatic amines is 1. The van der Waals surface area contributed by atoms with E-state index in [1.807, 2.05) is 30.3 Å². The highest BCUT2D eigenvalue weighted by molar-refractivity contribution is 6.30. The van der Waals surface area contributed by atoms with Gasteiger partial charge in [-0.1, -0.05) is 29.8 Å². The van der Waals surface area contributed by atoms with Gasteiger partial charge in [-0.2, -0.15) is 0 Å². The number of hydrazine groups is 1. The van der Waals surface area contributed by atoms with Gasteiger partial charge in [0.15, 0.2) is 0 Å². The van der Waals surface area contributed by atoms with Gasteiger partial charge in [0.1, 0.15) is 0 Å². The summed E-state index contributed by atoms with van der Waals surface area (Å²) < 4.78 is 2.25. The van der Waals surface area contributed by atoms with Gasteiger partial charge in [0.2, 0.25) is 5.62 Å². The van der Waals surface area contributed by atoms with Crippen molar-refractivity contribution in [2.45, 2.75) is 33.0 Å². The minimum Gasteiger partial charge on any atom is -0.481 e. The van der Waals surface area contributed by atoms with Crippen LogP contribution in [0.15, 0.2) is 57.0 Å². The van der Waals surface area contributed by atoms with E-state index in [4.69, 9.17) is 11.6 Å². The molecule has 1 aliphatic rings. The molecule has 4 rings (SSSR count). The quantitative estimate of drug-likeness (QED) is 0.491. The van der Waals surface area contributed by atoms with Gasteiger partial charge in [-0.3, -0.25) is 14.3 Å². The van der Waals surface area contributed by atoms with E-state index in [0.29, 0.717) is 17.3 Å². The number of nitrogens with one attached hydrogen (secondary N) is 2. The fourth-order valence-corrected chi connectivity index (χ4v) is 3.94. The highest BCUT2D eigenvalue weighted by Gasteiger charge is 2.25. The molecule has 0 bridgehead atoms. The van der Waals surface area contributed by atoms with E-state index in [0.717, 1.165) is 21.4 Å². The number of H-pyrrole nitrogens is 1. The van der Waals surface area contributed by atoms with Crippen molar-refractivity contribution in [3.8, 4) is 0 Å². The number of carbonyl (C=O) groups is 1. The maximum atomic E-state index is 13.5. The maximum Gasteiger partial charge on any atom is 0.335 e. The topological polar surface area (TPSA) is 125 Å². The molecule has 0 aliphatic carbocycles. The molecule has 2 aromatic carbocycles. The molecule has 178 valence electrons. The normalized spacial score (nSPS) is 15.3. The van der Waals surface area contributed by atoms with Crippen LogP contribution < -0.4 is 27.4 Å². The summed E-state index contributed by atoms with van der Waals surface area (Å²) >= 11 is 5.99. The first-order valence-corrected chi connectivity index (χ1v) is 11.1. The minimum atomic E-state index is -1.10. The Morgan fingerprint density at radius 2 is 1.88 bits per heavy atom. The van der Waals surface area contributed by atoms with Gasteiger partial charge in [0.25, 0.3) is 0 Å². The highest BCUT2D eigenvalue weighted by atomic mass is 35.5. The molecule has 3 aromatic rings. The lowest BCUT2D eigenvalue weighted by Crippen LogP contribution is -2.52. The Morgan fingerprint density at radius 3 is 2.56 bits per heavy atom. The SMILES string of the molecule is C[C@@H](C(=O)O)[C@H](C)n1c(=O)[nH]/c(=N\c2ccc3c(c2)N(C)NC3)n(Cc2ccc(Cl)cc2)c1=O. The number of aromatic nitrogens is 3. The highest BCUT2D eigenvalue weighted by Crippen LogP contribution is 2.28. The second-order valence-corrected chi connectivity index (χ2v) is 8.74. The van der Waals surface area contributed by atoms with Crippen LogP contribution in [0.1, 0.15) is 31.0 Å². The summed E-state index contributed by atoms with van der Waals surface area (Å²) in [5, 5.41) is 11.8. The van der Waals surface area contributed by atoms with Crippen molar-refractivity contribution in [1.82, 2.24) is 19.5 Å². The Labute approximate surface area is 199 Å². The van der Waals surface area contributed by atoms with Crippen molar-refractivity contribution < 1.29 is 9.90 Å². The number of hydrogen-bond donors (Lipinski definition) is 3. The number of aliphatic carboxylic acids is 1. The molecule has 34 heavy (non-hydrogen) atoms. The molecule has 3 N–H and O–H groups in total. The molecule has 1 aliphatic heterocycles. The van der Waals surface area contributed by atoms with Gasteiger partial charge in [0, 0.05) is 18.6 Å². The zero-order valence-corrected chi connectivity index (χ0v) is 19.7. The van der Waals surface area contributed by atoms with E-state index in [2.05, 4.69) is 15.4 Å². The van der Waals surface area contributed by atoms with E-state index in [-0.39, 0.29) is 12.2 Å². The molecule has 2 heterocycles. The first kappa shape index (κ1) is 23.5. The summed E-state index contributed by atoms with van der Waals surface area (Å²) in [5.74, 6) is -2.06. The maximum absolute atomic E-state index is 13.5. The van der Waals surface area contributed by atoms with Gasteiger partial charge >= 0.3 is 17.3 Å². The van der Waals surface area contributed by atoms with Crippen LogP contribution in [0.25, 0.3) is 0 Å². The van der Waals surface area contributed by atoms with E-state index in [1.54, 1.807) is 24.3 Å². The summed E-state index contributed by atoms with van der Waals surface area (Å²) in [7, 11) is 1.89. The van der Waals surface area contributed by atoms with Gasteiger partial charge in [-0.25, -0.2) is 24.6 Å². The van der Waals surface area contributed by atoms with E-state index >= 15 is 0 Å². The predicted molar refractivity (Wildman–Crippen MR) is 128 cm³/mol. The van der Waals surface area contributed by atoms with Crippen LogP contribution in [0, 0.1) is 5.92 Å². The molecule has 0 radical (unpaired) electrons. The molecular weight excluding hydrogens is 460 g/mol. The Kier molecular flexibility index (Phi) is 6.45. The van der Waals surface area contributed by atoms with Crippen molar-refractivity contribution in [3.05, 3.63) is 85.2 Å². The number of anilines is 1. The number of carboxylic acid groups (broad SMARTS) is 1. The molecule has 0 saturated heterocycles. The molecule has 1 aromatic heterocycles. The lowest BCUT2D eigenvalue weighted by molar-refractivity contribution is -0.142. The fourth-order valence-electron chi connectivity index (χ4n) is 3.82. The Balaban J connectivity index is 1.90. The number of carboxylic acids is 1. The van der Waals surface area contributed by atoms with Crippen LogP contribution in [0.5, 0.6) is 0 Å². The monoisotopic (exact) mass is 484 g/mol. The van der Waals surface area contributed by atoms with Gasteiger partial charge < -0.3 is 10.1 Å². The largest absolute Gasteiger partial charge is 0.481 e. The fraction of sp³-hybridized carbons (Fsp3) is 0.304. The van der Waals surface area contributed by atoms with Crippen LogP contribution in [-0.2, 0) is 17.9 Å². The average Bonchev–Trinajstić information content (AvgIpc) is 3.17. The number of hydrogen-bond acceptors (Lipinski definition) is 6. The van der Waals surface area contributed by atoms with Crippen molar-refractivity contribution in [1.29, 1.82) is 0 Å². The van der Waals surface area contributed by atoms with E-state index in [9.17, 15) is 19.5 Å². The number of nitrogens with zero attached hydrogens (tertiary/aromatic N) is 4. The Morgan fingerprint density at radius 1 is 1.18 bits per heavy atom. The minimum absolute atomic E-state index is 0.0601. The third kappa shape index (κ3) is 4.55. The second kappa shape index (κ2) is 9.32. The molecule has 0 amide bonds. The smallest absolute Gasteiger partial charge is 0.335 e. The molecule has 0 spiro atoms. The summed E-state index contributed by atoms with van der Waals surface area (Å²) in [6.45, 7) is 3.79. The van der Waals surface area contributed by atoms with E-state index < -0.39 is 29.3 Å². The first-order valence-electron chi connectivity index (χ1n) is 10.7. The second-order valence-electron chi connectivity index (χ2n) is 8.31. The number of fused-ring (bicyclic) bond motifs is 1. The Hall–Kier alpha value is -3.63. The van der Waals surface area contributed by atoms with Crippen LogP contribution in [0.4, 0.5) is 11.4 Å². The van der Waals surface area contributed by atoms with Crippen LogP contribution >= 0.6 is 11.6 Å². The third-order valence-corrected chi connectivity index (χ3v) is 6.33. The van der Waals surface area contributed by atoms with Gasteiger partial charge in [0.05, 0.1) is 29.9 Å². The standard InChI is InChI=1S/C23H25ClN6O4/c1-13(20(31)32)14(2)30-22(33)27-21(26-18-9-6-16-11-25-28(3)19(16)10-18)29(23(30)34)12-15-4-7-17(24)8-5-15/h4-10,13-14,25H,11-12H2,1-3H3,(H,31,32)(H,26,27,33)/t13-,14+/m1/s1. The molecule has 2 atom stereocenters. The summed E-state index contributed by atoms with van der Waals surface area (Å²) in [6, 6.07) is 11.7. The van der Waals surface area contributed by atoms with Crippen molar-refractivity contribution in [3.63, 3.8) is 0 Å². The van der Waals surface area contributed by atoms with Gasteiger partial charge in [-0.15, -0.1) is 0 Å². The molecule has 10 nitrogen and oxygen atoms in total. The lowest BCUT2D eigenvalue weighted by Gasteiger charge is -2.19. The van der Waals surface area contributed by atoms with Crippen LogP contribution in [-0.4, -0.2) is 32.2 Å². The molecular formula is C23H25ClN6O4. The lowest BCUT2D eigenvalue weighted by atomic mass is 10.0. The predicted octanol–water partition coefficient (Wildman–Crippen LogP) is 2.01. The zero-order valence-electron chi connectivity index (χ0n) is 18.9. The number of benzene rings is 2. The molecule has 0 unspecified atom stereocenters. The summed E-state index contributed by atoms with van der Waals surface area (Å²) in [4.78, 5) is 45.1. The number of rotatable bonds is 6. The van der Waals surface area contributed by atoms with Gasteiger partial charge in [-0.05, 0) is 49.2 Å². The zero-order chi connectivity index (χ0) is 24.6. The molecule has 11 heteroatoms. The average molecular weight is 485 g/mol. The summed E-state index contributed by atoms with van der Waals surface area (Å²) in [5.41, 5.74) is 5.25. The van der Waals surface area contributed by atoms with Crippen LogP contribution in [0.3, 0.4) is 0 Å². The third-order valence-electron chi connectivity index (χ3n) is 6.08.